The van der Waals surface area contributed by atoms with Crippen LogP contribution in [-0.2, 0) is 4.74 Å². The maximum atomic E-state index is 11.3. The molecule has 4 nitrogen and oxygen atoms in total. The minimum atomic E-state index is -0.394. The van der Waals surface area contributed by atoms with Gasteiger partial charge in [-0.25, -0.2) is 9.78 Å². The van der Waals surface area contributed by atoms with Gasteiger partial charge in [0.2, 0.25) is 0 Å². The van der Waals surface area contributed by atoms with Gasteiger partial charge in [0.05, 0.1) is 12.8 Å². The largest absolute Gasteiger partial charge is 0.461 e. The summed E-state index contributed by atoms with van der Waals surface area (Å²) in [5.41, 5.74) is 0.268. The Morgan fingerprint density at radius 1 is 1.43 bits per heavy atom. The van der Waals surface area contributed by atoms with Gasteiger partial charge < -0.3 is 4.74 Å². The average Bonchev–Trinajstić information content (AvgIpc) is 2.25. The molecule has 0 spiro atoms. The Morgan fingerprint density at radius 3 is 2.93 bits per heavy atom. The van der Waals surface area contributed by atoms with Gasteiger partial charge in [0.1, 0.15) is 0 Å². The molecule has 0 fully saturated rings. The van der Waals surface area contributed by atoms with Crippen LogP contribution in [0.4, 0.5) is 0 Å². The lowest BCUT2D eigenvalue weighted by Crippen LogP contribution is -2.08. The van der Waals surface area contributed by atoms with Crippen LogP contribution in [0.2, 0.25) is 0 Å². The summed E-state index contributed by atoms with van der Waals surface area (Å²) in [7, 11) is 0. The third-order valence-corrected chi connectivity index (χ3v) is 1.75. The van der Waals surface area contributed by atoms with Crippen molar-refractivity contribution in [2.45, 2.75) is 26.2 Å². The number of hydrogen-bond donors (Lipinski definition) is 0. The third kappa shape index (κ3) is 3.51. The molecule has 0 N–H and O–H groups in total. The number of nitrogens with zero attached hydrogens (tertiary/aromatic N) is 2. The molecule has 1 heterocycles. The number of aromatic nitrogens is 2. The van der Waals surface area contributed by atoms with Crippen molar-refractivity contribution in [3.05, 3.63) is 24.3 Å². The fraction of sp³-hybridized carbons (Fsp3) is 0.500. The SMILES string of the molecule is CCCCCOC(=O)c1cnccn1. The summed E-state index contributed by atoms with van der Waals surface area (Å²) in [6.07, 6.45) is 7.50. The van der Waals surface area contributed by atoms with Gasteiger partial charge in [0.25, 0.3) is 0 Å². The Hall–Kier alpha value is -1.45. The van der Waals surface area contributed by atoms with Gasteiger partial charge >= 0.3 is 5.97 Å². The number of carbonyl (C=O) groups excluding carboxylic acids is 1. The molecule has 1 aromatic heterocycles. The molecule has 0 atom stereocenters. The van der Waals surface area contributed by atoms with Gasteiger partial charge in [-0.15, -0.1) is 0 Å². The predicted molar refractivity (Wildman–Crippen MR) is 51.8 cm³/mol. The van der Waals surface area contributed by atoms with Crippen LogP contribution in [-0.4, -0.2) is 22.5 Å². The summed E-state index contributed by atoms with van der Waals surface area (Å²) in [4.78, 5) is 18.9. The first kappa shape index (κ1) is 10.6. The van der Waals surface area contributed by atoms with Gasteiger partial charge in [-0.05, 0) is 6.42 Å². The molecule has 1 aromatic rings. The molecule has 0 aliphatic rings. The first-order chi connectivity index (χ1) is 6.84. The van der Waals surface area contributed by atoms with E-state index in [4.69, 9.17) is 4.74 Å². The first-order valence-corrected chi connectivity index (χ1v) is 4.77. The average molecular weight is 194 g/mol. The quantitative estimate of drug-likeness (QED) is 0.530. The Bertz CT molecular complexity index is 275. The van der Waals surface area contributed by atoms with Crippen molar-refractivity contribution in [3.63, 3.8) is 0 Å². The van der Waals surface area contributed by atoms with Crippen LogP contribution >= 0.6 is 0 Å². The van der Waals surface area contributed by atoms with Gasteiger partial charge in [0, 0.05) is 12.4 Å². The van der Waals surface area contributed by atoms with Crippen molar-refractivity contribution in [3.8, 4) is 0 Å². The van der Waals surface area contributed by atoms with Crippen molar-refractivity contribution in [2.75, 3.05) is 6.61 Å². The molecule has 0 saturated heterocycles. The molecule has 1 rings (SSSR count). The summed E-state index contributed by atoms with van der Waals surface area (Å²) >= 11 is 0. The van der Waals surface area contributed by atoms with Gasteiger partial charge in [-0.1, -0.05) is 19.8 Å². The monoisotopic (exact) mass is 194 g/mol. The van der Waals surface area contributed by atoms with E-state index in [9.17, 15) is 4.79 Å². The highest BCUT2D eigenvalue weighted by Crippen LogP contribution is 1.98. The maximum Gasteiger partial charge on any atom is 0.358 e. The van der Waals surface area contributed by atoms with Gasteiger partial charge in [0.15, 0.2) is 5.69 Å². The zero-order chi connectivity index (χ0) is 10.2. The van der Waals surface area contributed by atoms with Crippen LogP contribution in [0.3, 0.4) is 0 Å². The molecule has 0 aliphatic carbocycles. The summed E-state index contributed by atoms with van der Waals surface area (Å²) < 4.78 is 4.99. The smallest absolute Gasteiger partial charge is 0.358 e. The number of carbonyl (C=O) groups is 1. The van der Waals surface area contributed by atoms with Gasteiger partial charge in [-0.2, -0.15) is 0 Å². The van der Waals surface area contributed by atoms with Gasteiger partial charge in [-0.3, -0.25) is 4.98 Å². The molecule has 4 heteroatoms. The standard InChI is InChI=1S/C10H14N2O2/c1-2-3-4-7-14-10(13)9-8-11-5-6-12-9/h5-6,8H,2-4,7H2,1H3. The summed E-state index contributed by atoms with van der Waals surface area (Å²) in [6, 6.07) is 0. The second-order valence-corrected chi connectivity index (χ2v) is 2.93. The molecule has 0 unspecified atom stereocenters. The van der Waals surface area contributed by atoms with Crippen LogP contribution in [0.25, 0.3) is 0 Å². The normalized spacial score (nSPS) is 9.79. The number of hydrogen-bond acceptors (Lipinski definition) is 4. The van der Waals surface area contributed by atoms with Crippen molar-refractivity contribution >= 4 is 5.97 Å². The fourth-order valence-corrected chi connectivity index (χ4v) is 0.995. The molecule has 0 aromatic carbocycles. The lowest BCUT2D eigenvalue weighted by atomic mass is 10.3. The van der Waals surface area contributed by atoms with Crippen molar-refractivity contribution < 1.29 is 9.53 Å². The van der Waals surface area contributed by atoms with E-state index in [1.165, 1.54) is 18.6 Å². The van der Waals surface area contributed by atoms with Crippen LogP contribution < -0.4 is 0 Å². The third-order valence-electron chi connectivity index (χ3n) is 1.75. The molecule has 0 amide bonds. The Labute approximate surface area is 83.3 Å². The molecular formula is C10H14N2O2. The van der Waals surface area contributed by atoms with E-state index in [1.807, 2.05) is 0 Å². The lowest BCUT2D eigenvalue weighted by Gasteiger charge is -2.02. The minimum Gasteiger partial charge on any atom is -0.461 e. The van der Waals surface area contributed by atoms with Crippen LogP contribution in [0.15, 0.2) is 18.6 Å². The molecule has 76 valence electrons. The zero-order valence-electron chi connectivity index (χ0n) is 8.27. The van der Waals surface area contributed by atoms with E-state index in [0.29, 0.717) is 6.61 Å². The first-order valence-electron chi connectivity index (χ1n) is 4.77. The molecular weight excluding hydrogens is 180 g/mol. The lowest BCUT2D eigenvalue weighted by molar-refractivity contribution is 0.0490. The number of unbranched alkanes of at least 4 members (excludes halogenated alkanes) is 2. The molecule has 14 heavy (non-hydrogen) atoms. The summed E-state index contributed by atoms with van der Waals surface area (Å²) in [5, 5.41) is 0. The second kappa shape index (κ2) is 6.07. The summed E-state index contributed by atoms with van der Waals surface area (Å²) in [5.74, 6) is -0.394. The topological polar surface area (TPSA) is 52.1 Å². The zero-order valence-corrected chi connectivity index (χ0v) is 8.27. The Morgan fingerprint density at radius 2 is 2.29 bits per heavy atom. The van der Waals surface area contributed by atoms with Crippen molar-refractivity contribution in [1.82, 2.24) is 9.97 Å². The highest BCUT2D eigenvalue weighted by molar-refractivity contribution is 5.86. The predicted octanol–water partition coefficient (Wildman–Crippen LogP) is 1.82. The molecule has 0 aliphatic heterocycles. The van der Waals surface area contributed by atoms with E-state index in [1.54, 1.807) is 0 Å². The second-order valence-electron chi connectivity index (χ2n) is 2.93. The van der Waals surface area contributed by atoms with E-state index < -0.39 is 5.97 Å². The number of ether oxygens (including phenoxy) is 1. The Balaban J connectivity index is 2.29. The molecule has 0 radical (unpaired) electrons. The van der Waals surface area contributed by atoms with E-state index in [0.717, 1.165) is 19.3 Å². The van der Waals surface area contributed by atoms with Crippen LogP contribution in [0.1, 0.15) is 36.7 Å². The number of esters is 1. The van der Waals surface area contributed by atoms with E-state index in [2.05, 4.69) is 16.9 Å². The van der Waals surface area contributed by atoms with E-state index >= 15 is 0 Å². The minimum absolute atomic E-state index is 0.268. The highest BCUT2D eigenvalue weighted by atomic mass is 16.5. The maximum absolute atomic E-state index is 11.3. The highest BCUT2D eigenvalue weighted by Gasteiger charge is 2.07. The molecule has 0 saturated carbocycles. The van der Waals surface area contributed by atoms with E-state index in [-0.39, 0.29) is 5.69 Å². The summed E-state index contributed by atoms with van der Waals surface area (Å²) in [6.45, 7) is 2.56. The fourth-order valence-electron chi connectivity index (χ4n) is 0.995. The number of rotatable bonds is 5. The Kier molecular flexibility index (Phi) is 4.61. The van der Waals surface area contributed by atoms with Crippen LogP contribution in [0, 0.1) is 0 Å². The van der Waals surface area contributed by atoms with Crippen molar-refractivity contribution in [1.29, 1.82) is 0 Å². The van der Waals surface area contributed by atoms with Crippen molar-refractivity contribution in [2.24, 2.45) is 0 Å². The van der Waals surface area contributed by atoms with Crippen LogP contribution in [0.5, 0.6) is 0 Å². The molecule has 0 bridgehead atoms.